The lowest BCUT2D eigenvalue weighted by molar-refractivity contribution is -0.116. The Morgan fingerprint density at radius 2 is 2.30 bits per heavy atom. The normalized spacial score (nSPS) is 12.1. The first-order valence-electron chi connectivity index (χ1n) is 6.69. The predicted octanol–water partition coefficient (Wildman–Crippen LogP) is 2.69. The van der Waals surface area contributed by atoms with E-state index in [9.17, 15) is 4.79 Å². The number of rotatable bonds is 7. The molecular formula is C15H19N3OS. The molecule has 106 valence electrons. The lowest BCUT2D eigenvalue weighted by atomic mass is 10.2. The van der Waals surface area contributed by atoms with Crippen LogP contribution < -0.4 is 10.6 Å². The van der Waals surface area contributed by atoms with E-state index < -0.39 is 0 Å². The first-order chi connectivity index (χ1) is 9.74. The second-order valence-electron chi connectivity index (χ2n) is 4.68. The summed E-state index contributed by atoms with van der Waals surface area (Å²) in [6.45, 7) is 2.82. The SMILES string of the molecule is CC(Cc1cccs1)NCCC(=O)Nc1cccnc1. The Kier molecular flexibility index (Phi) is 5.70. The second-order valence-corrected chi connectivity index (χ2v) is 5.71. The Balaban J connectivity index is 1.64. The zero-order chi connectivity index (χ0) is 14.2. The number of aromatic nitrogens is 1. The van der Waals surface area contributed by atoms with Crippen molar-refractivity contribution in [1.82, 2.24) is 10.3 Å². The number of pyridine rings is 1. The van der Waals surface area contributed by atoms with Gasteiger partial charge in [0.2, 0.25) is 5.91 Å². The Labute approximate surface area is 123 Å². The van der Waals surface area contributed by atoms with Gasteiger partial charge in [-0.05, 0) is 36.9 Å². The fourth-order valence-electron chi connectivity index (χ4n) is 1.89. The number of hydrogen-bond acceptors (Lipinski definition) is 4. The van der Waals surface area contributed by atoms with Gasteiger partial charge in [-0.2, -0.15) is 0 Å². The number of carbonyl (C=O) groups is 1. The van der Waals surface area contributed by atoms with Gasteiger partial charge < -0.3 is 10.6 Å². The molecule has 0 saturated heterocycles. The van der Waals surface area contributed by atoms with Gasteiger partial charge in [-0.25, -0.2) is 0 Å². The summed E-state index contributed by atoms with van der Waals surface area (Å²) in [6, 6.07) is 8.21. The molecule has 0 fully saturated rings. The molecule has 0 aliphatic heterocycles. The minimum atomic E-state index is 0.00817. The molecule has 0 radical (unpaired) electrons. The molecule has 2 N–H and O–H groups in total. The van der Waals surface area contributed by atoms with Crippen molar-refractivity contribution in [2.45, 2.75) is 25.8 Å². The topological polar surface area (TPSA) is 54.0 Å². The minimum absolute atomic E-state index is 0.00817. The monoisotopic (exact) mass is 289 g/mol. The summed E-state index contributed by atoms with van der Waals surface area (Å²) in [4.78, 5) is 17.1. The Morgan fingerprint density at radius 3 is 3.00 bits per heavy atom. The zero-order valence-electron chi connectivity index (χ0n) is 11.5. The Bertz CT molecular complexity index is 513. The number of nitrogens with one attached hydrogen (secondary N) is 2. The van der Waals surface area contributed by atoms with Crippen LogP contribution in [0, 0.1) is 0 Å². The van der Waals surface area contributed by atoms with Gasteiger partial charge in [0.1, 0.15) is 0 Å². The zero-order valence-corrected chi connectivity index (χ0v) is 12.3. The Hall–Kier alpha value is -1.72. The van der Waals surface area contributed by atoms with Gasteiger partial charge in [0, 0.05) is 30.1 Å². The first-order valence-corrected chi connectivity index (χ1v) is 7.57. The molecule has 4 nitrogen and oxygen atoms in total. The maximum absolute atomic E-state index is 11.7. The van der Waals surface area contributed by atoms with E-state index in [1.165, 1.54) is 4.88 Å². The number of amides is 1. The number of thiophene rings is 1. The van der Waals surface area contributed by atoms with Crippen LogP contribution in [0.2, 0.25) is 0 Å². The third-order valence-electron chi connectivity index (χ3n) is 2.88. The highest BCUT2D eigenvalue weighted by Crippen LogP contribution is 2.10. The van der Waals surface area contributed by atoms with Crippen LogP contribution in [0.25, 0.3) is 0 Å². The molecule has 2 rings (SSSR count). The largest absolute Gasteiger partial charge is 0.325 e. The van der Waals surface area contributed by atoms with Gasteiger partial charge in [-0.15, -0.1) is 11.3 Å². The molecule has 0 aliphatic carbocycles. The maximum Gasteiger partial charge on any atom is 0.225 e. The van der Waals surface area contributed by atoms with Crippen molar-refractivity contribution >= 4 is 22.9 Å². The summed E-state index contributed by atoms with van der Waals surface area (Å²) >= 11 is 1.77. The van der Waals surface area contributed by atoms with Crippen LogP contribution in [0.5, 0.6) is 0 Å². The second kappa shape index (κ2) is 7.77. The van der Waals surface area contributed by atoms with Crippen LogP contribution in [-0.4, -0.2) is 23.5 Å². The summed E-state index contributed by atoms with van der Waals surface area (Å²) in [7, 11) is 0. The average Bonchev–Trinajstić information content (AvgIpc) is 2.92. The minimum Gasteiger partial charge on any atom is -0.325 e. The molecule has 2 aromatic rings. The van der Waals surface area contributed by atoms with Gasteiger partial charge in [-0.3, -0.25) is 9.78 Å². The van der Waals surface area contributed by atoms with Crippen LogP contribution in [0.4, 0.5) is 5.69 Å². The standard InChI is InChI=1S/C15H19N3OS/c1-12(10-14-5-3-9-20-14)17-8-6-15(19)18-13-4-2-7-16-11-13/h2-5,7,9,11-12,17H,6,8,10H2,1H3,(H,18,19). The van der Waals surface area contributed by atoms with Crippen molar-refractivity contribution in [3.63, 3.8) is 0 Å². The fraction of sp³-hybridized carbons (Fsp3) is 0.333. The lowest BCUT2D eigenvalue weighted by Crippen LogP contribution is -2.31. The van der Waals surface area contributed by atoms with Crippen molar-refractivity contribution in [2.75, 3.05) is 11.9 Å². The van der Waals surface area contributed by atoms with Gasteiger partial charge in [0.25, 0.3) is 0 Å². The van der Waals surface area contributed by atoms with E-state index in [0.29, 0.717) is 19.0 Å². The van der Waals surface area contributed by atoms with E-state index in [4.69, 9.17) is 0 Å². The Morgan fingerprint density at radius 1 is 1.40 bits per heavy atom. The molecule has 1 unspecified atom stereocenters. The van der Waals surface area contributed by atoms with Crippen LogP contribution >= 0.6 is 11.3 Å². The van der Waals surface area contributed by atoms with Crippen molar-refractivity contribution in [1.29, 1.82) is 0 Å². The van der Waals surface area contributed by atoms with Crippen LogP contribution in [0.15, 0.2) is 42.0 Å². The van der Waals surface area contributed by atoms with Gasteiger partial charge in [0.15, 0.2) is 0 Å². The lowest BCUT2D eigenvalue weighted by Gasteiger charge is -2.12. The van der Waals surface area contributed by atoms with E-state index in [1.54, 1.807) is 29.8 Å². The summed E-state index contributed by atoms with van der Waals surface area (Å²) in [5.74, 6) is 0.00817. The molecule has 0 aliphatic rings. The summed E-state index contributed by atoms with van der Waals surface area (Å²) in [6.07, 6.45) is 4.79. The highest BCUT2D eigenvalue weighted by atomic mass is 32.1. The van der Waals surface area contributed by atoms with Crippen molar-refractivity contribution < 1.29 is 4.79 Å². The average molecular weight is 289 g/mol. The molecule has 20 heavy (non-hydrogen) atoms. The van der Waals surface area contributed by atoms with Gasteiger partial charge in [0.05, 0.1) is 11.9 Å². The van der Waals surface area contributed by atoms with E-state index in [-0.39, 0.29) is 5.91 Å². The summed E-state index contributed by atoms with van der Waals surface area (Å²) in [5, 5.41) is 8.28. The highest BCUT2D eigenvalue weighted by molar-refractivity contribution is 7.09. The molecule has 0 aromatic carbocycles. The van der Waals surface area contributed by atoms with E-state index in [1.807, 2.05) is 6.07 Å². The third-order valence-corrected chi connectivity index (χ3v) is 3.78. The number of carbonyl (C=O) groups excluding carboxylic acids is 1. The van der Waals surface area contributed by atoms with Crippen LogP contribution in [0.1, 0.15) is 18.2 Å². The molecule has 2 aromatic heterocycles. The number of nitrogens with zero attached hydrogens (tertiary/aromatic N) is 1. The smallest absolute Gasteiger partial charge is 0.225 e. The highest BCUT2D eigenvalue weighted by Gasteiger charge is 2.06. The molecule has 1 atom stereocenters. The van der Waals surface area contributed by atoms with Crippen LogP contribution in [0.3, 0.4) is 0 Å². The quantitative estimate of drug-likeness (QED) is 0.824. The summed E-state index contributed by atoms with van der Waals surface area (Å²) < 4.78 is 0. The molecule has 1 amide bonds. The molecular weight excluding hydrogens is 270 g/mol. The number of anilines is 1. The van der Waals surface area contributed by atoms with Crippen molar-refractivity contribution in [3.05, 3.63) is 46.9 Å². The molecule has 0 bridgehead atoms. The molecule has 0 saturated carbocycles. The fourth-order valence-corrected chi connectivity index (χ4v) is 2.73. The molecule has 5 heteroatoms. The molecule has 2 heterocycles. The predicted molar refractivity (Wildman–Crippen MR) is 83.0 cm³/mol. The number of hydrogen-bond donors (Lipinski definition) is 2. The van der Waals surface area contributed by atoms with Crippen LogP contribution in [-0.2, 0) is 11.2 Å². The van der Waals surface area contributed by atoms with E-state index in [0.717, 1.165) is 12.1 Å². The van der Waals surface area contributed by atoms with Gasteiger partial charge >= 0.3 is 0 Å². The van der Waals surface area contributed by atoms with Crippen molar-refractivity contribution in [2.24, 2.45) is 0 Å². The van der Waals surface area contributed by atoms with E-state index in [2.05, 4.69) is 40.1 Å². The van der Waals surface area contributed by atoms with Gasteiger partial charge in [-0.1, -0.05) is 6.07 Å². The summed E-state index contributed by atoms with van der Waals surface area (Å²) in [5.41, 5.74) is 0.740. The van der Waals surface area contributed by atoms with E-state index >= 15 is 0 Å². The third kappa shape index (κ3) is 5.11. The first kappa shape index (κ1) is 14.7. The van der Waals surface area contributed by atoms with Crippen molar-refractivity contribution in [3.8, 4) is 0 Å². The molecule has 0 spiro atoms. The maximum atomic E-state index is 11.7.